The van der Waals surface area contributed by atoms with Crippen LogP contribution < -0.4 is 0 Å². The highest BCUT2D eigenvalue weighted by Crippen LogP contribution is 2.37. The van der Waals surface area contributed by atoms with Gasteiger partial charge in [0.1, 0.15) is 5.82 Å². The van der Waals surface area contributed by atoms with Crippen LogP contribution in [0.4, 0.5) is 4.39 Å². The van der Waals surface area contributed by atoms with Gasteiger partial charge in [-0.2, -0.15) is 0 Å². The predicted octanol–water partition coefficient (Wildman–Crippen LogP) is 4.88. The van der Waals surface area contributed by atoms with Crippen LogP contribution in [0.25, 0.3) is 0 Å². The van der Waals surface area contributed by atoms with Gasteiger partial charge >= 0.3 is 0 Å². The van der Waals surface area contributed by atoms with Gasteiger partial charge in [0, 0.05) is 0 Å². The summed E-state index contributed by atoms with van der Waals surface area (Å²) in [6.07, 6.45) is 7.13. The Morgan fingerprint density at radius 1 is 1.37 bits per heavy atom. The van der Waals surface area contributed by atoms with Crippen molar-refractivity contribution in [2.75, 3.05) is 0 Å². The summed E-state index contributed by atoms with van der Waals surface area (Å²) >= 11 is 0. The number of hydrogen-bond donors (Lipinski definition) is 0. The van der Waals surface area contributed by atoms with Crippen molar-refractivity contribution in [3.63, 3.8) is 0 Å². The zero-order chi connectivity index (χ0) is 13.8. The van der Waals surface area contributed by atoms with Gasteiger partial charge < -0.3 is 0 Å². The van der Waals surface area contributed by atoms with Crippen LogP contribution in [0.2, 0.25) is 0 Å². The number of carbonyl (C=O) groups excluding carboxylic acids is 1. The molecule has 1 aliphatic carbocycles. The molecule has 19 heavy (non-hydrogen) atoms. The molecule has 0 amide bonds. The van der Waals surface area contributed by atoms with Crippen LogP contribution in [0.15, 0.2) is 30.9 Å². The largest absolute Gasteiger partial charge is 0.289 e. The number of ketones is 1. The normalized spacial score (nSPS) is 23.1. The van der Waals surface area contributed by atoms with Crippen molar-refractivity contribution in [1.29, 1.82) is 0 Å². The lowest BCUT2D eigenvalue weighted by Gasteiger charge is -2.28. The molecule has 1 aromatic rings. The monoisotopic (exact) mass is 260 g/mol. The zero-order valence-corrected chi connectivity index (χ0v) is 11.5. The summed E-state index contributed by atoms with van der Waals surface area (Å²) in [5.74, 6) is 0.520. The Morgan fingerprint density at radius 3 is 2.58 bits per heavy atom. The molecule has 0 N–H and O–H groups in total. The Morgan fingerprint density at radius 2 is 2.05 bits per heavy atom. The molecule has 0 atom stereocenters. The molecule has 1 aliphatic rings. The van der Waals surface area contributed by atoms with E-state index < -0.39 is 5.82 Å². The molecule has 2 rings (SSSR count). The summed E-state index contributed by atoms with van der Waals surface area (Å²) in [5, 5.41) is 0. The smallest absolute Gasteiger partial charge is 0.188 e. The maximum Gasteiger partial charge on any atom is 0.188 e. The molecule has 0 aromatic heterocycles. The van der Waals surface area contributed by atoms with Crippen LogP contribution in [-0.2, 0) is 0 Å². The van der Waals surface area contributed by atoms with Gasteiger partial charge in [0.15, 0.2) is 5.78 Å². The van der Waals surface area contributed by atoms with E-state index in [4.69, 9.17) is 0 Å². The third kappa shape index (κ3) is 3.12. The van der Waals surface area contributed by atoms with Gasteiger partial charge in [-0.25, -0.2) is 4.39 Å². The highest BCUT2D eigenvalue weighted by Gasteiger charge is 2.22. The van der Waals surface area contributed by atoms with Crippen LogP contribution in [0.1, 0.15) is 60.9 Å². The minimum absolute atomic E-state index is 0.126. The van der Waals surface area contributed by atoms with E-state index >= 15 is 0 Å². The van der Waals surface area contributed by atoms with Crippen molar-refractivity contribution in [2.45, 2.75) is 44.9 Å². The molecule has 1 nitrogen and oxygen atoms in total. The van der Waals surface area contributed by atoms with Crippen molar-refractivity contribution >= 4 is 5.78 Å². The fourth-order valence-corrected chi connectivity index (χ4v) is 3.00. The second kappa shape index (κ2) is 6.14. The number of rotatable bonds is 4. The molecule has 2 heteroatoms. The van der Waals surface area contributed by atoms with E-state index in [2.05, 4.69) is 13.5 Å². The van der Waals surface area contributed by atoms with Crippen LogP contribution in [0, 0.1) is 11.7 Å². The van der Waals surface area contributed by atoms with E-state index in [-0.39, 0.29) is 11.3 Å². The van der Waals surface area contributed by atoms with Gasteiger partial charge in [0.05, 0.1) is 5.56 Å². The highest BCUT2D eigenvalue weighted by molar-refractivity contribution is 6.04. The fraction of sp³-hybridized carbons (Fsp3) is 0.471. The molecular weight excluding hydrogens is 239 g/mol. The first kappa shape index (κ1) is 14.0. The van der Waals surface area contributed by atoms with Gasteiger partial charge in [-0.1, -0.05) is 26.0 Å². The summed E-state index contributed by atoms with van der Waals surface area (Å²) in [6, 6.07) is 5.03. The zero-order valence-electron chi connectivity index (χ0n) is 11.5. The van der Waals surface area contributed by atoms with Gasteiger partial charge in [-0.15, -0.1) is 0 Å². The summed E-state index contributed by atoms with van der Waals surface area (Å²) in [5.41, 5.74) is 1.16. The maximum atomic E-state index is 13.9. The maximum absolute atomic E-state index is 13.9. The van der Waals surface area contributed by atoms with E-state index in [0.29, 0.717) is 5.92 Å². The molecular formula is C17H21FO. The van der Waals surface area contributed by atoms with Crippen molar-refractivity contribution in [3.05, 3.63) is 47.8 Å². The second-order valence-corrected chi connectivity index (χ2v) is 5.43. The second-order valence-electron chi connectivity index (χ2n) is 5.43. The van der Waals surface area contributed by atoms with E-state index in [1.54, 1.807) is 6.07 Å². The number of hydrogen-bond acceptors (Lipinski definition) is 1. The number of carbonyl (C=O) groups is 1. The molecule has 0 saturated heterocycles. The first-order chi connectivity index (χ1) is 9.15. The highest BCUT2D eigenvalue weighted by atomic mass is 19.1. The first-order valence-electron chi connectivity index (χ1n) is 7.12. The minimum Gasteiger partial charge on any atom is -0.289 e. The van der Waals surface area contributed by atoms with Crippen LogP contribution in [-0.4, -0.2) is 5.78 Å². The van der Waals surface area contributed by atoms with Gasteiger partial charge in [-0.05, 0) is 61.3 Å². The van der Waals surface area contributed by atoms with Crippen molar-refractivity contribution < 1.29 is 9.18 Å². The van der Waals surface area contributed by atoms with Crippen molar-refractivity contribution in [3.8, 4) is 0 Å². The van der Waals surface area contributed by atoms with Crippen LogP contribution in [0.3, 0.4) is 0 Å². The molecule has 1 aromatic carbocycles. The molecule has 102 valence electrons. The van der Waals surface area contributed by atoms with E-state index in [0.717, 1.165) is 30.4 Å². The number of halogens is 1. The Labute approximate surface area is 114 Å². The Kier molecular flexibility index (Phi) is 4.52. The first-order valence-corrected chi connectivity index (χ1v) is 7.12. The summed E-state index contributed by atoms with van der Waals surface area (Å²) < 4.78 is 13.9. The van der Waals surface area contributed by atoms with E-state index in [1.807, 2.05) is 6.07 Å². The summed E-state index contributed by atoms with van der Waals surface area (Å²) in [7, 11) is 0. The third-order valence-corrected chi connectivity index (χ3v) is 4.34. The molecule has 0 aliphatic heterocycles. The molecule has 0 unspecified atom stereocenters. The molecule has 0 bridgehead atoms. The van der Waals surface area contributed by atoms with Crippen LogP contribution in [0.5, 0.6) is 0 Å². The molecule has 0 radical (unpaired) electrons. The average molecular weight is 260 g/mol. The van der Waals surface area contributed by atoms with Crippen LogP contribution >= 0.6 is 0 Å². The van der Waals surface area contributed by atoms with Gasteiger partial charge in [-0.3, -0.25) is 4.79 Å². The lowest BCUT2D eigenvalue weighted by atomic mass is 9.77. The SMILES string of the molecule is C=CC(=O)c1ccc(C2CCC(CC)CC2)cc1F. The fourth-order valence-electron chi connectivity index (χ4n) is 3.00. The molecule has 1 fully saturated rings. The lowest BCUT2D eigenvalue weighted by Crippen LogP contribution is -2.13. The standard InChI is InChI=1S/C17H21FO/c1-3-12-5-7-13(8-6-12)14-9-10-15(16(18)11-14)17(19)4-2/h4,9-13H,2-3,5-8H2,1H3. The number of allylic oxidation sites excluding steroid dienone is 1. The van der Waals surface area contributed by atoms with Gasteiger partial charge in [0.25, 0.3) is 0 Å². The van der Waals surface area contributed by atoms with E-state index in [9.17, 15) is 9.18 Å². The topological polar surface area (TPSA) is 17.1 Å². The Hall–Kier alpha value is -1.44. The Balaban J connectivity index is 2.12. The van der Waals surface area contributed by atoms with Crippen molar-refractivity contribution in [2.24, 2.45) is 5.92 Å². The predicted molar refractivity (Wildman–Crippen MR) is 75.9 cm³/mol. The molecule has 1 saturated carbocycles. The number of benzene rings is 1. The van der Waals surface area contributed by atoms with Crippen molar-refractivity contribution in [1.82, 2.24) is 0 Å². The Bertz CT molecular complexity index is 470. The lowest BCUT2D eigenvalue weighted by molar-refractivity contribution is 0.104. The average Bonchev–Trinajstić information content (AvgIpc) is 2.46. The third-order valence-electron chi connectivity index (χ3n) is 4.34. The quantitative estimate of drug-likeness (QED) is 0.557. The molecule has 0 spiro atoms. The molecule has 0 heterocycles. The van der Waals surface area contributed by atoms with E-state index in [1.165, 1.54) is 25.3 Å². The summed E-state index contributed by atoms with van der Waals surface area (Å²) in [6.45, 7) is 5.63. The van der Waals surface area contributed by atoms with Gasteiger partial charge in [0.2, 0.25) is 0 Å². The minimum atomic E-state index is -0.417. The summed E-state index contributed by atoms with van der Waals surface area (Å²) in [4.78, 5) is 11.4.